The van der Waals surface area contributed by atoms with Gasteiger partial charge in [0, 0.05) is 16.5 Å². The van der Waals surface area contributed by atoms with E-state index in [9.17, 15) is 9.59 Å². The van der Waals surface area contributed by atoms with Crippen LogP contribution in [-0.4, -0.2) is 32.9 Å². The topological polar surface area (TPSA) is 67.4 Å². The fourth-order valence-electron chi connectivity index (χ4n) is 3.98. The summed E-state index contributed by atoms with van der Waals surface area (Å²) in [6.45, 7) is 11.2. The van der Waals surface area contributed by atoms with Crippen molar-refractivity contribution in [2.24, 2.45) is 11.8 Å². The Morgan fingerprint density at radius 1 is 1.17 bits per heavy atom. The molecule has 1 fully saturated rings. The van der Waals surface area contributed by atoms with Crippen LogP contribution >= 0.6 is 11.8 Å². The van der Waals surface area contributed by atoms with Gasteiger partial charge in [-0.2, -0.15) is 0 Å². The zero-order chi connectivity index (χ0) is 21.2. The van der Waals surface area contributed by atoms with E-state index in [2.05, 4.69) is 45.3 Å². The van der Waals surface area contributed by atoms with Crippen LogP contribution in [0.2, 0.25) is 5.04 Å². The van der Waals surface area contributed by atoms with Crippen LogP contribution < -0.4 is 10.6 Å². The first-order valence-electron chi connectivity index (χ1n) is 10.5. The third-order valence-electron chi connectivity index (χ3n) is 5.84. The number of hydrogen-bond donors (Lipinski definition) is 2. The Labute approximate surface area is 181 Å². The first-order chi connectivity index (χ1) is 13.5. The standard InChI is InChI=1S/C22H34N2O3SSi/c1-21(2,3)29-27-22(4,5)15-8-6-14(7-9-15)20(26)23-16-10-11-18-17(12-16)24-19(25)13-28-18/h10-12,14-15H,6-9,13,29H2,1-5H3,(H,23,26)(H,24,25). The molecule has 2 N–H and O–H groups in total. The van der Waals surface area contributed by atoms with E-state index in [1.165, 1.54) is 11.8 Å². The summed E-state index contributed by atoms with van der Waals surface area (Å²) < 4.78 is 6.39. The molecular weight excluding hydrogens is 400 g/mol. The Morgan fingerprint density at radius 3 is 2.52 bits per heavy atom. The summed E-state index contributed by atoms with van der Waals surface area (Å²) in [6.07, 6.45) is 3.86. The van der Waals surface area contributed by atoms with E-state index in [4.69, 9.17) is 4.43 Å². The van der Waals surface area contributed by atoms with Crippen LogP contribution in [0.5, 0.6) is 0 Å². The number of carbonyl (C=O) groups excluding carboxylic acids is 2. The molecule has 1 saturated carbocycles. The monoisotopic (exact) mass is 434 g/mol. The van der Waals surface area contributed by atoms with Gasteiger partial charge in [0.1, 0.15) is 0 Å². The number of thioether (sulfide) groups is 1. The van der Waals surface area contributed by atoms with Crippen LogP contribution in [0, 0.1) is 11.8 Å². The molecular formula is C22H34N2O3SSi. The Balaban J connectivity index is 1.53. The van der Waals surface area contributed by atoms with Crippen molar-refractivity contribution in [3.05, 3.63) is 18.2 Å². The Hall–Kier alpha value is -1.31. The Bertz CT molecular complexity index is 768. The van der Waals surface area contributed by atoms with E-state index in [1.54, 1.807) is 0 Å². The molecule has 1 aliphatic carbocycles. The molecule has 1 heterocycles. The predicted molar refractivity (Wildman–Crippen MR) is 123 cm³/mol. The molecule has 0 unspecified atom stereocenters. The second kappa shape index (κ2) is 8.82. The molecule has 0 atom stereocenters. The first kappa shape index (κ1) is 22.4. The Kier molecular flexibility index (Phi) is 6.80. The second-order valence-electron chi connectivity index (χ2n) is 10.0. The lowest BCUT2D eigenvalue weighted by Crippen LogP contribution is -2.40. The van der Waals surface area contributed by atoms with Crippen LogP contribution in [0.4, 0.5) is 11.4 Å². The fraction of sp³-hybridized carbons (Fsp3) is 0.636. The maximum absolute atomic E-state index is 12.8. The minimum absolute atomic E-state index is 0.00338. The lowest BCUT2D eigenvalue weighted by molar-refractivity contribution is -0.121. The smallest absolute Gasteiger partial charge is 0.234 e. The molecule has 29 heavy (non-hydrogen) atoms. The van der Waals surface area contributed by atoms with Crippen molar-refractivity contribution >= 4 is 44.7 Å². The highest BCUT2D eigenvalue weighted by Gasteiger charge is 2.36. The SMILES string of the molecule is CC(C)(C)[SiH2]OC(C)(C)C1CCC(C(=O)Nc2ccc3c(c2)NC(=O)CS3)CC1. The fourth-order valence-corrected chi connectivity index (χ4v) is 5.81. The van der Waals surface area contributed by atoms with Crippen molar-refractivity contribution < 1.29 is 14.0 Å². The van der Waals surface area contributed by atoms with E-state index < -0.39 is 9.76 Å². The van der Waals surface area contributed by atoms with Crippen molar-refractivity contribution in [1.29, 1.82) is 0 Å². The van der Waals surface area contributed by atoms with Gasteiger partial charge in [-0.05, 0) is 68.7 Å². The minimum Gasteiger partial charge on any atom is -0.418 e. The molecule has 0 bridgehead atoms. The van der Waals surface area contributed by atoms with Crippen LogP contribution in [0.3, 0.4) is 0 Å². The van der Waals surface area contributed by atoms with Gasteiger partial charge < -0.3 is 15.1 Å². The van der Waals surface area contributed by atoms with Crippen molar-refractivity contribution in [1.82, 2.24) is 0 Å². The number of anilines is 2. The van der Waals surface area contributed by atoms with Gasteiger partial charge in [-0.1, -0.05) is 20.8 Å². The number of carbonyl (C=O) groups is 2. The molecule has 3 rings (SSSR count). The molecule has 0 radical (unpaired) electrons. The van der Waals surface area contributed by atoms with Crippen LogP contribution in [0.15, 0.2) is 23.1 Å². The maximum atomic E-state index is 12.8. The number of fused-ring (bicyclic) bond motifs is 1. The predicted octanol–water partition coefficient (Wildman–Crippen LogP) is 4.57. The summed E-state index contributed by atoms with van der Waals surface area (Å²) >= 11 is 1.53. The van der Waals surface area contributed by atoms with Crippen molar-refractivity contribution in [2.75, 3.05) is 16.4 Å². The summed E-state index contributed by atoms with van der Waals surface area (Å²) in [6, 6.07) is 5.74. The van der Waals surface area contributed by atoms with Gasteiger partial charge in [0.2, 0.25) is 11.8 Å². The molecule has 1 aromatic carbocycles. The third-order valence-corrected chi connectivity index (χ3v) is 8.67. The van der Waals surface area contributed by atoms with Gasteiger partial charge in [-0.3, -0.25) is 9.59 Å². The normalized spacial score (nSPS) is 23.0. The van der Waals surface area contributed by atoms with Gasteiger partial charge in [0.15, 0.2) is 9.76 Å². The van der Waals surface area contributed by atoms with E-state index in [0.29, 0.717) is 16.7 Å². The number of nitrogens with one attached hydrogen (secondary N) is 2. The number of amides is 2. The lowest BCUT2D eigenvalue weighted by atomic mass is 9.74. The Morgan fingerprint density at radius 2 is 1.86 bits per heavy atom. The zero-order valence-corrected chi connectivity index (χ0v) is 20.5. The molecule has 0 aromatic heterocycles. The van der Waals surface area contributed by atoms with E-state index in [0.717, 1.165) is 42.0 Å². The zero-order valence-electron chi connectivity index (χ0n) is 18.3. The number of rotatable bonds is 5. The molecule has 7 heteroatoms. The van der Waals surface area contributed by atoms with E-state index in [1.807, 2.05) is 18.2 Å². The largest absolute Gasteiger partial charge is 0.418 e. The maximum Gasteiger partial charge on any atom is 0.234 e. The van der Waals surface area contributed by atoms with E-state index in [-0.39, 0.29) is 23.3 Å². The molecule has 1 aromatic rings. The highest BCUT2D eigenvalue weighted by atomic mass is 32.2. The molecule has 5 nitrogen and oxygen atoms in total. The number of hydrogen-bond acceptors (Lipinski definition) is 4. The average molecular weight is 435 g/mol. The molecule has 1 aliphatic heterocycles. The summed E-state index contributed by atoms with van der Waals surface area (Å²) in [4.78, 5) is 25.4. The van der Waals surface area contributed by atoms with Gasteiger partial charge in [-0.15, -0.1) is 11.8 Å². The molecule has 0 saturated heterocycles. The third kappa shape index (κ3) is 6.09. The molecule has 2 aliphatic rings. The van der Waals surface area contributed by atoms with Crippen molar-refractivity contribution in [3.8, 4) is 0 Å². The summed E-state index contributed by atoms with van der Waals surface area (Å²) in [5.74, 6) is 1.09. The van der Waals surface area contributed by atoms with Crippen molar-refractivity contribution in [2.45, 2.75) is 75.8 Å². The first-order valence-corrected chi connectivity index (χ1v) is 12.8. The van der Waals surface area contributed by atoms with Crippen LogP contribution in [-0.2, 0) is 14.0 Å². The average Bonchev–Trinajstić information content (AvgIpc) is 2.66. The van der Waals surface area contributed by atoms with Gasteiger partial charge in [-0.25, -0.2) is 0 Å². The quantitative estimate of drug-likeness (QED) is 0.666. The number of benzene rings is 1. The molecule has 160 valence electrons. The highest BCUT2D eigenvalue weighted by Crippen LogP contribution is 2.39. The summed E-state index contributed by atoms with van der Waals surface area (Å²) in [5, 5.41) is 6.22. The second-order valence-corrected chi connectivity index (χ2v) is 13.8. The molecule has 0 spiro atoms. The van der Waals surface area contributed by atoms with Gasteiger partial charge in [0.25, 0.3) is 0 Å². The van der Waals surface area contributed by atoms with Crippen molar-refractivity contribution in [3.63, 3.8) is 0 Å². The van der Waals surface area contributed by atoms with E-state index >= 15 is 0 Å². The minimum atomic E-state index is -0.589. The molecule has 2 amide bonds. The highest BCUT2D eigenvalue weighted by molar-refractivity contribution is 8.00. The lowest BCUT2D eigenvalue weighted by Gasteiger charge is -2.40. The summed E-state index contributed by atoms with van der Waals surface area (Å²) in [7, 11) is -0.589. The van der Waals surface area contributed by atoms with Crippen LogP contribution in [0.1, 0.15) is 60.3 Å². The van der Waals surface area contributed by atoms with Gasteiger partial charge in [0.05, 0.1) is 17.0 Å². The van der Waals surface area contributed by atoms with Gasteiger partial charge >= 0.3 is 0 Å². The summed E-state index contributed by atoms with van der Waals surface area (Å²) in [5.41, 5.74) is 1.43. The van der Waals surface area contributed by atoms with Crippen LogP contribution in [0.25, 0.3) is 0 Å².